The Kier molecular flexibility index (Phi) is 6.57. The van der Waals surface area contributed by atoms with E-state index in [1.807, 2.05) is 19.9 Å². The SMILES string of the molecule is CC(C)(CCOC[C@@H](O)CO)c1cc2cc(NC(=O)C3(c4ccc5c(c4)OC(F)(F)O5)CC3)c(F)cc2[nH]1. The number of aromatic nitrogens is 1. The van der Waals surface area contributed by atoms with Crippen molar-refractivity contribution in [3.05, 3.63) is 53.5 Å². The van der Waals surface area contributed by atoms with Gasteiger partial charge in [-0.25, -0.2) is 4.39 Å². The Morgan fingerprint density at radius 1 is 1.18 bits per heavy atom. The predicted molar refractivity (Wildman–Crippen MR) is 132 cm³/mol. The normalized spacial score (nSPS) is 18.0. The summed E-state index contributed by atoms with van der Waals surface area (Å²) in [6, 6.07) is 9.03. The van der Waals surface area contributed by atoms with Crippen LogP contribution in [0.15, 0.2) is 36.4 Å². The first-order chi connectivity index (χ1) is 17.9. The molecule has 0 spiro atoms. The fraction of sp³-hybridized carbons (Fsp3) is 0.444. The van der Waals surface area contributed by atoms with Crippen molar-refractivity contribution >= 4 is 22.5 Å². The Balaban J connectivity index is 1.30. The van der Waals surface area contributed by atoms with Gasteiger partial charge in [0.1, 0.15) is 11.9 Å². The quantitative estimate of drug-likeness (QED) is 0.288. The molecule has 5 rings (SSSR count). The number of rotatable bonds is 10. The number of hydrogen-bond donors (Lipinski definition) is 4. The summed E-state index contributed by atoms with van der Waals surface area (Å²) in [5.74, 6) is -1.29. The van der Waals surface area contributed by atoms with Gasteiger partial charge in [0.15, 0.2) is 11.5 Å². The number of halogens is 3. The number of alkyl halides is 2. The van der Waals surface area contributed by atoms with Gasteiger partial charge < -0.3 is 34.7 Å². The van der Waals surface area contributed by atoms with Crippen LogP contribution in [0.1, 0.15) is 44.4 Å². The van der Waals surface area contributed by atoms with Gasteiger partial charge in [0, 0.05) is 34.7 Å². The number of aliphatic hydroxyl groups excluding tert-OH is 2. The summed E-state index contributed by atoms with van der Waals surface area (Å²) in [5.41, 5.74) is 0.598. The van der Waals surface area contributed by atoms with E-state index in [0.29, 0.717) is 42.3 Å². The topological polar surface area (TPSA) is 113 Å². The lowest BCUT2D eigenvalue weighted by molar-refractivity contribution is -0.286. The number of benzene rings is 2. The van der Waals surface area contributed by atoms with Crippen LogP contribution in [0.25, 0.3) is 10.9 Å². The van der Waals surface area contributed by atoms with E-state index in [4.69, 9.17) is 9.84 Å². The van der Waals surface area contributed by atoms with Crippen molar-refractivity contribution in [2.75, 3.05) is 25.1 Å². The maximum absolute atomic E-state index is 15.0. The lowest BCUT2D eigenvalue weighted by Gasteiger charge is -2.23. The van der Waals surface area contributed by atoms with Gasteiger partial charge in [-0.2, -0.15) is 0 Å². The van der Waals surface area contributed by atoms with Crippen LogP contribution in [0.3, 0.4) is 0 Å². The minimum Gasteiger partial charge on any atom is -0.395 e. The van der Waals surface area contributed by atoms with Gasteiger partial charge in [0.2, 0.25) is 5.91 Å². The highest BCUT2D eigenvalue weighted by Gasteiger charge is 2.53. The second-order valence-electron chi connectivity index (χ2n) is 10.5. The summed E-state index contributed by atoms with van der Waals surface area (Å²) >= 11 is 0. The van der Waals surface area contributed by atoms with Crippen LogP contribution in [0, 0.1) is 5.82 Å². The van der Waals surface area contributed by atoms with Gasteiger partial charge in [-0.1, -0.05) is 19.9 Å². The number of aliphatic hydroxyl groups is 2. The van der Waals surface area contributed by atoms with E-state index < -0.39 is 29.5 Å². The minimum atomic E-state index is -3.75. The van der Waals surface area contributed by atoms with Crippen LogP contribution in [0.5, 0.6) is 11.5 Å². The molecule has 2 heterocycles. The molecule has 2 aliphatic rings. The molecule has 8 nitrogen and oxygen atoms in total. The third-order valence-electron chi connectivity index (χ3n) is 7.22. The molecule has 11 heteroatoms. The zero-order chi connectivity index (χ0) is 27.3. The maximum Gasteiger partial charge on any atom is 0.586 e. The molecule has 1 aliphatic heterocycles. The Labute approximate surface area is 216 Å². The molecule has 4 N–H and O–H groups in total. The number of hydrogen-bond acceptors (Lipinski definition) is 6. The summed E-state index contributed by atoms with van der Waals surface area (Å²) in [5, 5.41) is 21.7. The molecule has 3 aromatic rings. The molecule has 1 saturated carbocycles. The zero-order valence-corrected chi connectivity index (χ0v) is 20.9. The molecule has 204 valence electrons. The molecule has 1 fully saturated rings. The number of fused-ring (bicyclic) bond motifs is 2. The molecule has 0 bridgehead atoms. The zero-order valence-electron chi connectivity index (χ0n) is 20.9. The van der Waals surface area contributed by atoms with Crippen molar-refractivity contribution in [2.45, 2.75) is 56.3 Å². The van der Waals surface area contributed by atoms with Crippen molar-refractivity contribution in [1.29, 1.82) is 0 Å². The molecular weight excluding hydrogens is 505 g/mol. The first-order valence-corrected chi connectivity index (χ1v) is 12.3. The molecule has 1 aliphatic carbocycles. The molecule has 38 heavy (non-hydrogen) atoms. The van der Waals surface area contributed by atoms with E-state index in [2.05, 4.69) is 19.8 Å². The van der Waals surface area contributed by atoms with E-state index in [0.717, 1.165) is 5.69 Å². The van der Waals surface area contributed by atoms with E-state index in [9.17, 15) is 18.7 Å². The van der Waals surface area contributed by atoms with Gasteiger partial charge in [-0.15, -0.1) is 8.78 Å². The highest BCUT2D eigenvalue weighted by Crippen LogP contribution is 2.52. The second kappa shape index (κ2) is 9.48. The van der Waals surface area contributed by atoms with Gasteiger partial charge in [-0.3, -0.25) is 4.79 Å². The van der Waals surface area contributed by atoms with E-state index in [-0.39, 0.29) is 35.8 Å². The van der Waals surface area contributed by atoms with E-state index in [1.54, 1.807) is 12.1 Å². The maximum atomic E-state index is 15.0. The summed E-state index contributed by atoms with van der Waals surface area (Å²) in [4.78, 5) is 16.5. The summed E-state index contributed by atoms with van der Waals surface area (Å²) in [6.45, 7) is 4.02. The largest absolute Gasteiger partial charge is 0.586 e. The lowest BCUT2D eigenvalue weighted by atomic mass is 9.86. The van der Waals surface area contributed by atoms with Gasteiger partial charge >= 0.3 is 6.29 Å². The van der Waals surface area contributed by atoms with Crippen LogP contribution < -0.4 is 14.8 Å². The average molecular weight is 535 g/mol. The molecule has 2 aromatic carbocycles. The second-order valence-corrected chi connectivity index (χ2v) is 10.5. The van der Waals surface area contributed by atoms with Crippen molar-refractivity contribution in [1.82, 2.24) is 4.98 Å². The molecule has 0 unspecified atom stereocenters. The molecule has 1 amide bonds. The van der Waals surface area contributed by atoms with Crippen molar-refractivity contribution in [3.8, 4) is 11.5 Å². The minimum absolute atomic E-state index is 0.0192. The number of ether oxygens (including phenoxy) is 3. The van der Waals surface area contributed by atoms with E-state index >= 15 is 4.39 Å². The number of carbonyl (C=O) groups excluding carboxylic acids is 1. The summed E-state index contributed by atoms with van der Waals surface area (Å²) < 4.78 is 56.2. The Bertz CT molecular complexity index is 1370. The smallest absolute Gasteiger partial charge is 0.395 e. The molecule has 0 saturated heterocycles. The van der Waals surface area contributed by atoms with Gasteiger partial charge in [-0.05, 0) is 49.1 Å². The fourth-order valence-electron chi connectivity index (χ4n) is 4.61. The van der Waals surface area contributed by atoms with Crippen LogP contribution in [0.2, 0.25) is 0 Å². The molecule has 1 aromatic heterocycles. The molecular formula is C27H29F3N2O6. The van der Waals surface area contributed by atoms with Crippen LogP contribution in [-0.2, 0) is 20.4 Å². The third-order valence-corrected chi connectivity index (χ3v) is 7.22. The number of carbonyl (C=O) groups is 1. The van der Waals surface area contributed by atoms with Crippen LogP contribution >= 0.6 is 0 Å². The number of H-pyrrole nitrogens is 1. The number of aromatic amines is 1. The number of anilines is 1. The Morgan fingerprint density at radius 3 is 2.63 bits per heavy atom. The molecule has 0 radical (unpaired) electrons. The highest BCUT2D eigenvalue weighted by atomic mass is 19.3. The first-order valence-electron chi connectivity index (χ1n) is 12.3. The van der Waals surface area contributed by atoms with Gasteiger partial charge in [0.25, 0.3) is 0 Å². The monoisotopic (exact) mass is 534 g/mol. The summed E-state index contributed by atoms with van der Waals surface area (Å²) in [7, 11) is 0. The molecule has 1 atom stereocenters. The van der Waals surface area contributed by atoms with Crippen LogP contribution in [-0.4, -0.2) is 53.3 Å². The predicted octanol–water partition coefficient (Wildman–Crippen LogP) is 4.34. The average Bonchev–Trinajstić information content (AvgIpc) is 3.47. The fourth-order valence-corrected chi connectivity index (χ4v) is 4.61. The van der Waals surface area contributed by atoms with Crippen LogP contribution in [0.4, 0.5) is 18.9 Å². The third kappa shape index (κ3) is 5.05. The standard InChI is InChI=1S/C27H29F3N2O6/c1-25(2,7-8-36-14-17(34)13-33)23-10-15-9-20(18(28)12-19(15)31-23)32-24(35)26(5-6-26)16-3-4-21-22(11-16)38-27(29,30)37-21/h3-4,9-12,17,31,33-34H,5-8,13-14H2,1-2H3,(H,32,35)/t17-/m0/s1. The van der Waals surface area contributed by atoms with Crippen molar-refractivity contribution in [2.24, 2.45) is 0 Å². The summed E-state index contributed by atoms with van der Waals surface area (Å²) in [6.07, 6.45) is -3.10. The van der Waals surface area contributed by atoms with Crippen molar-refractivity contribution in [3.63, 3.8) is 0 Å². The first kappa shape index (κ1) is 26.3. The number of amides is 1. The number of nitrogens with one attached hydrogen (secondary N) is 2. The highest BCUT2D eigenvalue weighted by molar-refractivity contribution is 6.02. The van der Waals surface area contributed by atoms with E-state index in [1.165, 1.54) is 18.2 Å². The Morgan fingerprint density at radius 2 is 1.92 bits per heavy atom. The van der Waals surface area contributed by atoms with Crippen molar-refractivity contribution < 1.29 is 42.4 Å². The van der Waals surface area contributed by atoms with Gasteiger partial charge in [0.05, 0.1) is 24.3 Å². The Hall–Kier alpha value is -3.28. The lowest BCUT2D eigenvalue weighted by Crippen LogP contribution is -2.28.